The van der Waals surface area contributed by atoms with E-state index < -0.39 is 0 Å². The van der Waals surface area contributed by atoms with Crippen LogP contribution in [0.3, 0.4) is 0 Å². The van der Waals surface area contributed by atoms with Gasteiger partial charge in [0.2, 0.25) is 0 Å². The summed E-state index contributed by atoms with van der Waals surface area (Å²) in [4.78, 5) is 0. The maximum absolute atomic E-state index is 5.77. The van der Waals surface area contributed by atoms with Gasteiger partial charge < -0.3 is 14.2 Å². The van der Waals surface area contributed by atoms with Crippen LogP contribution in [0.25, 0.3) is 0 Å². The zero-order chi connectivity index (χ0) is 13.8. The first-order chi connectivity index (χ1) is 9.85. The summed E-state index contributed by atoms with van der Waals surface area (Å²) in [5, 5.41) is 3.03. The van der Waals surface area contributed by atoms with Crippen LogP contribution in [0.15, 0.2) is 48.5 Å². The zero-order valence-electron chi connectivity index (χ0n) is 11.3. The number of fused-ring (bicyclic) bond motifs is 1. The van der Waals surface area contributed by atoms with E-state index >= 15 is 0 Å². The van der Waals surface area contributed by atoms with Crippen LogP contribution in [0.4, 0.5) is 0 Å². The lowest BCUT2D eigenvalue weighted by Crippen LogP contribution is -2.39. The van der Waals surface area contributed by atoms with E-state index in [-0.39, 0.29) is 6.23 Å². The van der Waals surface area contributed by atoms with Crippen LogP contribution < -0.4 is 19.5 Å². The third kappa shape index (κ3) is 2.86. The maximum Gasteiger partial charge on any atom is 0.184 e. The van der Waals surface area contributed by atoms with Gasteiger partial charge in [-0.05, 0) is 24.7 Å². The number of benzene rings is 2. The Morgan fingerprint density at radius 1 is 1.15 bits per heavy atom. The summed E-state index contributed by atoms with van der Waals surface area (Å²) >= 11 is 0. The van der Waals surface area contributed by atoms with Gasteiger partial charge in [-0.2, -0.15) is 0 Å². The summed E-state index contributed by atoms with van der Waals surface area (Å²) < 4.78 is 17.1. The number of rotatable bonds is 4. The van der Waals surface area contributed by atoms with Crippen molar-refractivity contribution in [3.63, 3.8) is 0 Å². The van der Waals surface area contributed by atoms with Crippen LogP contribution in [-0.2, 0) is 6.61 Å². The Morgan fingerprint density at radius 3 is 2.80 bits per heavy atom. The highest BCUT2D eigenvalue weighted by atomic mass is 16.6. The van der Waals surface area contributed by atoms with Crippen molar-refractivity contribution in [1.29, 1.82) is 0 Å². The molecule has 1 heterocycles. The fraction of sp³-hybridized carbons (Fsp3) is 0.250. The summed E-state index contributed by atoms with van der Waals surface area (Å²) in [7, 11) is 1.84. The second-order valence-electron chi connectivity index (χ2n) is 4.59. The number of hydrogen-bond donors (Lipinski definition) is 1. The molecule has 0 spiro atoms. The third-order valence-electron chi connectivity index (χ3n) is 3.14. The molecule has 3 rings (SSSR count). The molecule has 2 aromatic carbocycles. The summed E-state index contributed by atoms with van der Waals surface area (Å²) in [5.41, 5.74) is 1.13. The van der Waals surface area contributed by atoms with Crippen molar-refractivity contribution in [2.24, 2.45) is 0 Å². The van der Waals surface area contributed by atoms with E-state index in [0.717, 1.165) is 17.1 Å². The van der Waals surface area contributed by atoms with Crippen LogP contribution in [0.2, 0.25) is 0 Å². The fourth-order valence-electron chi connectivity index (χ4n) is 2.03. The molecule has 1 atom stereocenters. The molecular weight excluding hydrogens is 254 g/mol. The molecule has 20 heavy (non-hydrogen) atoms. The number of nitrogens with one attached hydrogen (secondary N) is 1. The molecular formula is C16H17NO3. The highest BCUT2D eigenvalue weighted by Crippen LogP contribution is 2.34. The van der Waals surface area contributed by atoms with Gasteiger partial charge in [-0.1, -0.05) is 30.3 Å². The van der Waals surface area contributed by atoms with Gasteiger partial charge in [-0.3, -0.25) is 5.32 Å². The van der Waals surface area contributed by atoms with Gasteiger partial charge in [0.05, 0.1) is 0 Å². The molecule has 4 heteroatoms. The van der Waals surface area contributed by atoms with Crippen molar-refractivity contribution in [2.45, 2.75) is 12.8 Å². The molecule has 0 fully saturated rings. The van der Waals surface area contributed by atoms with E-state index in [1.165, 1.54) is 0 Å². The summed E-state index contributed by atoms with van der Waals surface area (Å²) in [6, 6.07) is 15.7. The minimum absolute atomic E-state index is 0.119. The molecule has 0 bridgehead atoms. The van der Waals surface area contributed by atoms with E-state index in [2.05, 4.69) is 5.32 Å². The molecule has 1 aliphatic rings. The summed E-state index contributed by atoms with van der Waals surface area (Å²) in [6.45, 7) is 1.05. The largest absolute Gasteiger partial charge is 0.489 e. The Labute approximate surface area is 118 Å². The number of hydrogen-bond acceptors (Lipinski definition) is 4. The molecule has 4 nitrogen and oxygen atoms in total. The van der Waals surface area contributed by atoms with Crippen LogP contribution in [-0.4, -0.2) is 19.9 Å². The van der Waals surface area contributed by atoms with E-state index in [1.807, 2.05) is 55.6 Å². The minimum Gasteiger partial charge on any atom is -0.489 e. The standard InChI is InChI=1S/C16H17NO3/c1-17-16-11-19-14-8-7-13(9-15(14)20-16)18-10-12-5-3-2-4-6-12/h2-9,16-17H,10-11H2,1H3. The molecule has 2 aromatic rings. The SMILES string of the molecule is CNC1COc2ccc(OCc3ccccc3)cc2O1. The van der Waals surface area contributed by atoms with Gasteiger partial charge in [0.1, 0.15) is 19.0 Å². The lowest BCUT2D eigenvalue weighted by atomic mass is 10.2. The normalized spacial score (nSPS) is 16.8. The van der Waals surface area contributed by atoms with Crippen LogP contribution >= 0.6 is 0 Å². The second-order valence-corrected chi connectivity index (χ2v) is 4.59. The third-order valence-corrected chi connectivity index (χ3v) is 3.14. The van der Waals surface area contributed by atoms with E-state index in [9.17, 15) is 0 Å². The molecule has 1 N–H and O–H groups in total. The van der Waals surface area contributed by atoms with Crippen LogP contribution in [0.5, 0.6) is 17.2 Å². The van der Waals surface area contributed by atoms with Gasteiger partial charge in [0.25, 0.3) is 0 Å². The van der Waals surface area contributed by atoms with Gasteiger partial charge in [0, 0.05) is 6.07 Å². The number of ether oxygens (including phenoxy) is 3. The van der Waals surface area contributed by atoms with Crippen molar-refractivity contribution < 1.29 is 14.2 Å². The molecule has 0 aliphatic carbocycles. The molecule has 0 saturated carbocycles. The Morgan fingerprint density at radius 2 is 2.00 bits per heavy atom. The first kappa shape index (κ1) is 12.8. The van der Waals surface area contributed by atoms with Crippen molar-refractivity contribution in [3.05, 3.63) is 54.1 Å². The predicted octanol–water partition coefficient (Wildman–Crippen LogP) is 2.58. The van der Waals surface area contributed by atoms with Crippen LogP contribution in [0.1, 0.15) is 5.56 Å². The lowest BCUT2D eigenvalue weighted by molar-refractivity contribution is 0.0721. The molecule has 1 aliphatic heterocycles. The maximum atomic E-state index is 5.77. The first-order valence-corrected chi connectivity index (χ1v) is 6.62. The average Bonchev–Trinajstić information content (AvgIpc) is 2.53. The smallest absolute Gasteiger partial charge is 0.184 e. The molecule has 0 amide bonds. The lowest BCUT2D eigenvalue weighted by Gasteiger charge is -2.26. The Balaban J connectivity index is 1.69. The second kappa shape index (κ2) is 5.84. The zero-order valence-corrected chi connectivity index (χ0v) is 11.3. The van der Waals surface area contributed by atoms with Gasteiger partial charge in [-0.15, -0.1) is 0 Å². The number of likely N-dealkylation sites (N-methyl/N-ethyl adjacent to an activating group) is 1. The Bertz CT molecular complexity index is 571. The molecule has 0 aromatic heterocycles. The summed E-state index contributed by atoms with van der Waals surface area (Å²) in [5.74, 6) is 2.23. The van der Waals surface area contributed by atoms with Gasteiger partial charge >= 0.3 is 0 Å². The van der Waals surface area contributed by atoms with E-state index in [0.29, 0.717) is 19.0 Å². The molecule has 104 valence electrons. The van der Waals surface area contributed by atoms with Crippen molar-refractivity contribution in [3.8, 4) is 17.2 Å². The Hall–Kier alpha value is -2.20. The quantitative estimate of drug-likeness (QED) is 0.927. The first-order valence-electron chi connectivity index (χ1n) is 6.62. The van der Waals surface area contributed by atoms with Crippen molar-refractivity contribution in [1.82, 2.24) is 5.32 Å². The minimum atomic E-state index is -0.119. The van der Waals surface area contributed by atoms with E-state index in [4.69, 9.17) is 14.2 Å². The van der Waals surface area contributed by atoms with Gasteiger partial charge in [0.15, 0.2) is 17.7 Å². The summed E-state index contributed by atoms with van der Waals surface area (Å²) in [6.07, 6.45) is -0.119. The molecule has 0 radical (unpaired) electrons. The topological polar surface area (TPSA) is 39.7 Å². The average molecular weight is 271 g/mol. The molecule has 1 unspecified atom stereocenters. The van der Waals surface area contributed by atoms with Crippen LogP contribution in [0, 0.1) is 0 Å². The highest BCUT2D eigenvalue weighted by molar-refractivity contribution is 5.46. The van der Waals surface area contributed by atoms with Crippen molar-refractivity contribution in [2.75, 3.05) is 13.7 Å². The van der Waals surface area contributed by atoms with Crippen molar-refractivity contribution >= 4 is 0 Å². The van der Waals surface area contributed by atoms with E-state index in [1.54, 1.807) is 0 Å². The predicted molar refractivity (Wildman–Crippen MR) is 76.2 cm³/mol. The fourth-order valence-corrected chi connectivity index (χ4v) is 2.03. The highest BCUT2D eigenvalue weighted by Gasteiger charge is 2.19. The molecule has 0 saturated heterocycles. The Kier molecular flexibility index (Phi) is 3.74. The van der Waals surface area contributed by atoms with Gasteiger partial charge in [-0.25, -0.2) is 0 Å². The monoisotopic (exact) mass is 271 g/mol.